The highest BCUT2D eigenvalue weighted by Gasteiger charge is 2.43. The summed E-state index contributed by atoms with van der Waals surface area (Å²) in [5.41, 5.74) is 0. The van der Waals surface area contributed by atoms with Crippen molar-refractivity contribution in [3.05, 3.63) is 0 Å². The molecular formula is C10H14N2O4. The normalized spacial score (nSPS) is 18.3. The van der Waals surface area contributed by atoms with Gasteiger partial charge in [-0.05, 0) is 6.42 Å². The van der Waals surface area contributed by atoms with E-state index in [-0.39, 0.29) is 18.2 Å². The monoisotopic (exact) mass is 226 g/mol. The maximum Gasteiger partial charge on any atom is 0.334 e. The lowest BCUT2D eigenvalue weighted by molar-refractivity contribution is -0.143. The van der Waals surface area contributed by atoms with Crippen molar-refractivity contribution in [1.82, 2.24) is 9.80 Å². The van der Waals surface area contributed by atoms with Crippen molar-refractivity contribution >= 4 is 23.6 Å². The fourth-order valence-electron chi connectivity index (χ4n) is 1.29. The summed E-state index contributed by atoms with van der Waals surface area (Å²) in [5, 5.41) is 0. The highest BCUT2D eigenvalue weighted by molar-refractivity contribution is 6.44. The summed E-state index contributed by atoms with van der Waals surface area (Å²) in [6.45, 7) is 3.25. The number of likely N-dealkylation sites (N-methyl/N-ethyl adjacent to an activating group) is 1. The Hall–Kier alpha value is -1.72. The Balaban J connectivity index is 2.76. The van der Waals surface area contributed by atoms with Crippen LogP contribution in [-0.2, 0) is 14.4 Å². The lowest BCUT2D eigenvalue weighted by atomic mass is 10.0. The Bertz CT molecular complexity index is 364. The van der Waals surface area contributed by atoms with Gasteiger partial charge in [-0.2, -0.15) is 0 Å². The van der Waals surface area contributed by atoms with Crippen molar-refractivity contribution in [3.8, 4) is 0 Å². The van der Waals surface area contributed by atoms with E-state index in [1.807, 2.05) is 6.92 Å². The first-order valence-corrected chi connectivity index (χ1v) is 5.06. The van der Waals surface area contributed by atoms with Gasteiger partial charge in [0.2, 0.25) is 0 Å². The topological polar surface area (TPSA) is 74.8 Å². The highest BCUT2D eigenvalue weighted by Crippen LogP contribution is 2.11. The van der Waals surface area contributed by atoms with Gasteiger partial charge in [0.15, 0.2) is 5.78 Å². The molecule has 1 aliphatic heterocycles. The van der Waals surface area contributed by atoms with Crippen LogP contribution in [0.1, 0.15) is 20.3 Å². The third-order valence-electron chi connectivity index (χ3n) is 2.73. The third-order valence-corrected chi connectivity index (χ3v) is 2.73. The zero-order chi connectivity index (χ0) is 12.5. The van der Waals surface area contributed by atoms with Gasteiger partial charge in [0.25, 0.3) is 0 Å². The molecule has 16 heavy (non-hydrogen) atoms. The van der Waals surface area contributed by atoms with Crippen molar-refractivity contribution in [2.75, 3.05) is 13.6 Å². The lowest BCUT2D eigenvalue weighted by Gasteiger charge is -2.14. The van der Waals surface area contributed by atoms with Crippen LogP contribution in [0.5, 0.6) is 0 Å². The van der Waals surface area contributed by atoms with Gasteiger partial charge in [-0.1, -0.05) is 13.8 Å². The minimum Gasteiger partial charge on any atom is -0.297 e. The molecule has 4 amide bonds. The minimum absolute atomic E-state index is 0.215. The van der Waals surface area contributed by atoms with Crippen LogP contribution in [-0.4, -0.2) is 47.0 Å². The number of carbonyl (C=O) groups excluding carboxylic acids is 4. The molecule has 1 unspecified atom stereocenters. The van der Waals surface area contributed by atoms with Crippen LogP contribution in [0.15, 0.2) is 0 Å². The molecule has 1 heterocycles. The van der Waals surface area contributed by atoms with E-state index in [1.54, 1.807) is 6.92 Å². The molecule has 0 bridgehead atoms. The first-order valence-electron chi connectivity index (χ1n) is 5.06. The molecule has 0 spiro atoms. The smallest absolute Gasteiger partial charge is 0.297 e. The number of urea groups is 1. The molecule has 0 radical (unpaired) electrons. The Morgan fingerprint density at radius 2 is 1.81 bits per heavy atom. The molecule has 0 aliphatic carbocycles. The molecule has 0 saturated carbocycles. The first kappa shape index (κ1) is 12.4. The maximum atomic E-state index is 11.6. The molecule has 6 nitrogen and oxygen atoms in total. The number of Topliss-reactive ketones (excluding diaryl/α,β-unsaturated/α-hetero) is 1. The van der Waals surface area contributed by atoms with Gasteiger partial charge in [-0.25, -0.2) is 9.69 Å². The fraction of sp³-hybridized carbons (Fsp3) is 0.600. The van der Waals surface area contributed by atoms with E-state index in [0.717, 1.165) is 0 Å². The summed E-state index contributed by atoms with van der Waals surface area (Å²) in [6.07, 6.45) is 0.638. The molecule has 0 aromatic rings. The molecule has 1 saturated heterocycles. The minimum atomic E-state index is -0.927. The van der Waals surface area contributed by atoms with E-state index in [4.69, 9.17) is 0 Å². The summed E-state index contributed by atoms with van der Waals surface area (Å²) in [6, 6.07) is -0.730. The van der Waals surface area contributed by atoms with E-state index < -0.39 is 17.8 Å². The number of hydrogen-bond donors (Lipinski definition) is 0. The first-order chi connectivity index (χ1) is 7.40. The van der Waals surface area contributed by atoms with Crippen molar-refractivity contribution in [2.24, 2.45) is 5.92 Å². The van der Waals surface area contributed by atoms with Crippen molar-refractivity contribution in [1.29, 1.82) is 0 Å². The van der Waals surface area contributed by atoms with E-state index in [9.17, 15) is 19.2 Å². The molecule has 1 fully saturated rings. The summed E-state index contributed by atoms with van der Waals surface area (Å²) >= 11 is 0. The van der Waals surface area contributed by atoms with Gasteiger partial charge in [-0.15, -0.1) is 0 Å². The average molecular weight is 226 g/mol. The predicted octanol–water partition coefficient (Wildman–Crippen LogP) is 0.0222. The largest absolute Gasteiger partial charge is 0.334 e. The molecule has 0 aromatic carbocycles. The highest BCUT2D eigenvalue weighted by atomic mass is 16.2. The summed E-state index contributed by atoms with van der Waals surface area (Å²) in [5.74, 6) is -2.25. The van der Waals surface area contributed by atoms with Crippen molar-refractivity contribution < 1.29 is 19.2 Å². The van der Waals surface area contributed by atoms with Gasteiger partial charge in [-0.3, -0.25) is 19.3 Å². The number of ketones is 1. The fourth-order valence-corrected chi connectivity index (χ4v) is 1.29. The van der Waals surface area contributed by atoms with Gasteiger partial charge in [0.1, 0.15) is 0 Å². The lowest BCUT2D eigenvalue weighted by Crippen LogP contribution is -2.37. The Labute approximate surface area is 93.2 Å². The van der Waals surface area contributed by atoms with Gasteiger partial charge >= 0.3 is 17.8 Å². The molecular weight excluding hydrogens is 212 g/mol. The second kappa shape index (κ2) is 4.42. The molecule has 0 aromatic heterocycles. The van der Waals surface area contributed by atoms with Crippen LogP contribution in [0, 0.1) is 5.92 Å². The molecule has 1 rings (SSSR count). The number of nitrogens with zero attached hydrogens (tertiary/aromatic N) is 2. The van der Waals surface area contributed by atoms with E-state index in [1.165, 1.54) is 7.05 Å². The van der Waals surface area contributed by atoms with Crippen LogP contribution in [0.25, 0.3) is 0 Å². The Kier molecular flexibility index (Phi) is 3.41. The predicted molar refractivity (Wildman–Crippen MR) is 54.3 cm³/mol. The number of imide groups is 2. The molecule has 1 atom stereocenters. The number of amides is 4. The van der Waals surface area contributed by atoms with E-state index in [2.05, 4.69) is 0 Å². The summed E-state index contributed by atoms with van der Waals surface area (Å²) in [4.78, 5) is 46.9. The second-order valence-electron chi connectivity index (χ2n) is 3.81. The van der Waals surface area contributed by atoms with Crippen LogP contribution < -0.4 is 0 Å². The molecule has 1 aliphatic rings. The van der Waals surface area contributed by atoms with E-state index >= 15 is 0 Å². The van der Waals surface area contributed by atoms with Gasteiger partial charge in [0, 0.05) is 13.0 Å². The molecule has 6 heteroatoms. The molecule has 0 N–H and O–H groups in total. The van der Waals surface area contributed by atoms with Crippen LogP contribution >= 0.6 is 0 Å². The van der Waals surface area contributed by atoms with Crippen molar-refractivity contribution in [2.45, 2.75) is 20.3 Å². The summed E-state index contributed by atoms with van der Waals surface area (Å²) in [7, 11) is 1.22. The molecule has 88 valence electrons. The maximum absolute atomic E-state index is 11.6. The van der Waals surface area contributed by atoms with E-state index in [0.29, 0.717) is 16.2 Å². The van der Waals surface area contributed by atoms with Crippen molar-refractivity contribution in [3.63, 3.8) is 0 Å². The van der Waals surface area contributed by atoms with Crippen LogP contribution in [0.3, 0.4) is 0 Å². The zero-order valence-electron chi connectivity index (χ0n) is 9.52. The van der Waals surface area contributed by atoms with Gasteiger partial charge < -0.3 is 0 Å². The summed E-state index contributed by atoms with van der Waals surface area (Å²) < 4.78 is 0. The second-order valence-corrected chi connectivity index (χ2v) is 3.81. The standard InChI is InChI=1S/C10H14N2O4/c1-4-6(2)7(13)5-12-9(15)8(14)11(3)10(12)16/h6H,4-5H2,1-3H3. The Morgan fingerprint density at radius 3 is 2.19 bits per heavy atom. The van der Waals surface area contributed by atoms with Crippen LogP contribution in [0.4, 0.5) is 4.79 Å². The number of carbonyl (C=O) groups is 4. The Morgan fingerprint density at radius 1 is 1.25 bits per heavy atom. The average Bonchev–Trinajstić information content (AvgIpc) is 2.45. The van der Waals surface area contributed by atoms with Gasteiger partial charge in [0.05, 0.1) is 6.54 Å². The van der Waals surface area contributed by atoms with Crippen LogP contribution in [0.2, 0.25) is 0 Å². The SMILES string of the molecule is CCC(C)C(=O)CN1C(=O)C(=O)N(C)C1=O. The third kappa shape index (κ3) is 1.95. The zero-order valence-corrected chi connectivity index (χ0v) is 9.52. The quantitative estimate of drug-likeness (QED) is 0.500. The number of rotatable bonds is 4. The number of hydrogen-bond acceptors (Lipinski definition) is 4.